The number of alkyl halides is 3. The first-order chi connectivity index (χ1) is 11.4. The summed E-state index contributed by atoms with van der Waals surface area (Å²) < 4.78 is 41.6. The Balaban J connectivity index is 2.53. The van der Waals surface area contributed by atoms with Crippen LogP contribution < -0.4 is 5.32 Å². The second-order valence-corrected chi connectivity index (χ2v) is 6.68. The van der Waals surface area contributed by atoms with Crippen LogP contribution >= 0.6 is 0 Å². The number of amides is 2. The quantitative estimate of drug-likeness (QED) is 0.864. The Labute approximate surface area is 145 Å². The zero-order chi connectivity index (χ0) is 19.3. The highest BCUT2D eigenvalue weighted by molar-refractivity contribution is 5.85. The highest BCUT2D eigenvalue weighted by Gasteiger charge is 2.28. The first-order valence-electron chi connectivity index (χ1n) is 7.75. The fourth-order valence-electron chi connectivity index (χ4n) is 1.86. The van der Waals surface area contributed by atoms with Crippen LogP contribution in [0, 0.1) is 0 Å². The molecule has 0 spiro atoms. The molecule has 5 nitrogen and oxygen atoms in total. The van der Waals surface area contributed by atoms with Crippen LogP contribution in [0.1, 0.15) is 32.8 Å². The fraction of sp³-hybridized carbons (Fsp3) is 0.529. The Hall–Kier alpha value is -2.25. The van der Waals surface area contributed by atoms with E-state index >= 15 is 0 Å². The maximum Gasteiger partial charge on any atom is 0.412 e. The van der Waals surface area contributed by atoms with E-state index in [2.05, 4.69) is 5.32 Å². The molecule has 0 saturated heterocycles. The summed E-state index contributed by atoms with van der Waals surface area (Å²) in [7, 11) is 1.34. The van der Waals surface area contributed by atoms with Crippen molar-refractivity contribution in [3.05, 3.63) is 29.8 Å². The molecule has 0 heterocycles. The molecular weight excluding hydrogens is 337 g/mol. The number of hydrogen-bond donors (Lipinski definition) is 1. The van der Waals surface area contributed by atoms with E-state index in [9.17, 15) is 22.8 Å². The van der Waals surface area contributed by atoms with Crippen LogP contribution in [-0.2, 0) is 16.0 Å². The topological polar surface area (TPSA) is 58.6 Å². The van der Waals surface area contributed by atoms with Crippen molar-refractivity contribution in [1.82, 2.24) is 4.90 Å². The summed E-state index contributed by atoms with van der Waals surface area (Å²) in [5.41, 5.74) is 0.520. The van der Waals surface area contributed by atoms with Gasteiger partial charge in [-0.3, -0.25) is 10.1 Å². The molecule has 0 aliphatic carbocycles. The van der Waals surface area contributed by atoms with Crippen LogP contribution in [0.25, 0.3) is 0 Å². The Kier molecular flexibility index (Phi) is 6.84. The van der Waals surface area contributed by atoms with Gasteiger partial charge >= 0.3 is 12.3 Å². The van der Waals surface area contributed by atoms with E-state index in [1.807, 2.05) is 0 Å². The SMILES string of the molecule is CN(CCC(F)(F)F)C(=O)Cc1ccc(NC(=O)OC(C)(C)C)cc1. The van der Waals surface area contributed by atoms with Crippen molar-refractivity contribution in [1.29, 1.82) is 0 Å². The molecule has 0 aromatic heterocycles. The lowest BCUT2D eigenvalue weighted by atomic mass is 10.1. The maximum absolute atomic E-state index is 12.2. The van der Waals surface area contributed by atoms with Crippen molar-refractivity contribution in [2.24, 2.45) is 0 Å². The standard InChI is InChI=1S/C17H23F3N2O3/c1-16(2,3)25-15(24)21-13-7-5-12(6-8-13)11-14(23)22(4)10-9-17(18,19)20/h5-8H,9-11H2,1-4H3,(H,21,24). The number of rotatable bonds is 5. The smallest absolute Gasteiger partial charge is 0.412 e. The minimum atomic E-state index is -4.29. The van der Waals surface area contributed by atoms with E-state index in [1.54, 1.807) is 45.0 Å². The highest BCUT2D eigenvalue weighted by atomic mass is 19.4. The normalized spacial score (nSPS) is 11.8. The lowest BCUT2D eigenvalue weighted by molar-refractivity contribution is -0.143. The number of carbonyl (C=O) groups excluding carboxylic acids is 2. The number of halogens is 3. The Morgan fingerprint density at radius 2 is 1.68 bits per heavy atom. The Morgan fingerprint density at radius 3 is 2.16 bits per heavy atom. The van der Waals surface area contributed by atoms with E-state index in [1.165, 1.54) is 7.05 Å². The van der Waals surface area contributed by atoms with Gasteiger partial charge in [-0.25, -0.2) is 4.79 Å². The van der Waals surface area contributed by atoms with Crippen LogP contribution in [0.3, 0.4) is 0 Å². The molecule has 0 aliphatic heterocycles. The summed E-state index contributed by atoms with van der Waals surface area (Å²) in [4.78, 5) is 24.6. The molecule has 0 aliphatic rings. The predicted octanol–water partition coefficient (Wildman–Crippen LogP) is 3.99. The van der Waals surface area contributed by atoms with E-state index in [0.29, 0.717) is 11.3 Å². The van der Waals surface area contributed by atoms with E-state index in [4.69, 9.17) is 4.74 Å². The molecule has 0 saturated carbocycles. The molecule has 8 heteroatoms. The highest BCUT2D eigenvalue weighted by Crippen LogP contribution is 2.20. The molecule has 1 aromatic rings. The average Bonchev–Trinajstić information content (AvgIpc) is 2.44. The van der Waals surface area contributed by atoms with Gasteiger partial charge in [-0.05, 0) is 38.5 Å². The first-order valence-corrected chi connectivity index (χ1v) is 7.75. The molecular formula is C17H23F3N2O3. The molecule has 0 unspecified atom stereocenters. The van der Waals surface area contributed by atoms with Gasteiger partial charge in [0, 0.05) is 19.3 Å². The van der Waals surface area contributed by atoms with Gasteiger partial charge in [-0.2, -0.15) is 13.2 Å². The maximum atomic E-state index is 12.2. The van der Waals surface area contributed by atoms with Crippen LogP contribution in [0.5, 0.6) is 0 Å². The van der Waals surface area contributed by atoms with Gasteiger partial charge in [0.1, 0.15) is 5.60 Å². The van der Waals surface area contributed by atoms with Crippen molar-refractivity contribution in [2.45, 2.75) is 45.4 Å². The summed E-state index contributed by atoms with van der Waals surface area (Å²) in [6.07, 6.45) is -5.93. The summed E-state index contributed by atoms with van der Waals surface area (Å²) in [6.45, 7) is 4.87. The second kappa shape index (κ2) is 8.22. The van der Waals surface area contributed by atoms with Crippen LogP contribution in [0.4, 0.5) is 23.7 Å². The minimum Gasteiger partial charge on any atom is -0.444 e. The van der Waals surface area contributed by atoms with Crippen molar-refractivity contribution in [3.8, 4) is 0 Å². The third-order valence-electron chi connectivity index (χ3n) is 3.11. The average molecular weight is 360 g/mol. The van der Waals surface area contributed by atoms with Crippen molar-refractivity contribution < 1.29 is 27.5 Å². The van der Waals surface area contributed by atoms with Gasteiger partial charge in [-0.15, -0.1) is 0 Å². The zero-order valence-corrected chi connectivity index (χ0v) is 14.7. The molecule has 2 amide bonds. The molecule has 140 valence electrons. The molecule has 1 N–H and O–H groups in total. The number of nitrogens with one attached hydrogen (secondary N) is 1. The number of likely N-dealkylation sites (N-methyl/N-ethyl adjacent to an activating group) is 1. The Morgan fingerprint density at radius 1 is 1.12 bits per heavy atom. The number of benzene rings is 1. The third kappa shape index (κ3) is 8.97. The molecule has 0 fully saturated rings. The van der Waals surface area contributed by atoms with Crippen LogP contribution in [0.15, 0.2) is 24.3 Å². The van der Waals surface area contributed by atoms with Crippen molar-refractivity contribution >= 4 is 17.7 Å². The minimum absolute atomic E-state index is 0.0128. The predicted molar refractivity (Wildman–Crippen MR) is 88.3 cm³/mol. The molecule has 1 rings (SSSR count). The van der Waals surface area contributed by atoms with Gasteiger partial charge in [0.2, 0.25) is 5.91 Å². The van der Waals surface area contributed by atoms with Gasteiger partial charge in [0.15, 0.2) is 0 Å². The van der Waals surface area contributed by atoms with Gasteiger partial charge in [0.25, 0.3) is 0 Å². The Bertz CT molecular complexity index is 593. The van der Waals surface area contributed by atoms with E-state index < -0.39 is 30.2 Å². The molecule has 1 aromatic carbocycles. The number of anilines is 1. The van der Waals surface area contributed by atoms with Gasteiger partial charge in [-0.1, -0.05) is 12.1 Å². The van der Waals surface area contributed by atoms with Crippen molar-refractivity contribution in [2.75, 3.05) is 18.9 Å². The first kappa shape index (κ1) is 20.8. The summed E-state index contributed by atoms with van der Waals surface area (Å²) in [6, 6.07) is 6.45. The third-order valence-corrected chi connectivity index (χ3v) is 3.11. The van der Waals surface area contributed by atoms with E-state index in [0.717, 1.165) is 4.90 Å². The van der Waals surface area contributed by atoms with Gasteiger partial charge < -0.3 is 9.64 Å². The van der Waals surface area contributed by atoms with Gasteiger partial charge in [0.05, 0.1) is 12.8 Å². The summed E-state index contributed by atoms with van der Waals surface area (Å²) in [5, 5.41) is 2.56. The fourth-order valence-corrected chi connectivity index (χ4v) is 1.86. The molecule has 0 bridgehead atoms. The lowest BCUT2D eigenvalue weighted by Gasteiger charge is -2.20. The lowest BCUT2D eigenvalue weighted by Crippen LogP contribution is -2.31. The largest absolute Gasteiger partial charge is 0.444 e. The van der Waals surface area contributed by atoms with Crippen LogP contribution in [-0.4, -0.2) is 42.3 Å². The molecule has 0 radical (unpaired) electrons. The second-order valence-electron chi connectivity index (χ2n) is 6.68. The molecule has 25 heavy (non-hydrogen) atoms. The van der Waals surface area contributed by atoms with Crippen LogP contribution in [0.2, 0.25) is 0 Å². The molecule has 0 atom stereocenters. The monoisotopic (exact) mass is 360 g/mol. The number of carbonyl (C=O) groups is 2. The van der Waals surface area contributed by atoms with E-state index in [-0.39, 0.29) is 13.0 Å². The van der Waals surface area contributed by atoms with Crippen molar-refractivity contribution in [3.63, 3.8) is 0 Å². The number of nitrogens with zero attached hydrogens (tertiary/aromatic N) is 1. The zero-order valence-electron chi connectivity index (χ0n) is 14.7. The summed E-state index contributed by atoms with van der Waals surface area (Å²) in [5.74, 6) is -0.405. The summed E-state index contributed by atoms with van der Waals surface area (Å²) >= 11 is 0. The number of ether oxygens (including phenoxy) is 1. The number of hydrogen-bond acceptors (Lipinski definition) is 3.